The van der Waals surface area contributed by atoms with E-state index in [0.29, 0.717) is 11.8 Å². The first-order valence-corrected chi connectivity index (χ1v) is 6.05. The summed E-state index contributed by atoms with van der Waals surface area (Å²) < 4.78 is 5.37. The maximum absolute atomic E-state index is 5.37. The average Bonchev–Trinajstić information content (AvgIpc) is 2.65. The summed E-state index contributed by atoms with van der Waals surface area (Å²) >= 11 is 1.81. The summed E-state index contributed by atoms with van der Waals surface area (Å²) in [4.78, 5) is 4.71. The molecular formula is C10H14N2OS. The smallest absolute Gasteiger partial charge is 0.0984 e. The van der Waals surface area contributed by atoms with Gasteiger partial charge >= 0.3 is 0 Å². The number of hydrogen-bond acceptors (Lipinski definition) is 4. The molecule has 0 bridgehead atoms. The lowest BCUT2D eigenvalue weighted by Crippen LogP contribution is -2.39. The van der Waals surface area contributed by atoms with Crippen LogP contribution in [0, 0.1) is 0 Å². The molecule has 1 unspecified atom stereocenters. The molecule has 14 heavy (non-hydrogen) atoms. The van der Waals surface area contributed by atoms with E-state index in [1.807, 2.05) is 11.3 Å². The van der Waals surface area contributed by atoms with Crippen LogP contribution in [0.15, 0.2) is 5.38 Å². The first-order chi connectivity index (χ1) is 6.93. The molecule has 1 N–H and O–H groups in total. The predicted octanol–water partition coefficient (Wildman–Crippen LogP) is 1.33. The summed E-state index contributed by atoms with van der Waals surface area (Å²) in [5.74, 6) is 1.24. The van der Waals surface area contributed by atoms with Gasteiger partial charge < -0.3 is 10.1 Å². The number of rotatable bonds is 2. The zero-order valence-electron chi connectivity index (χ0n) is 8.03. The van der Waals surface area contributed by atoms with Crippen molar-refractivity contribution in [2.24, 2.45) is 0 Å². The van der Waals surface area contributed by atoms with E-state index in [-0.39, 0.29) is 0 Å². The van der Waals surface area contributed by atoms with Crippen molar-refractivity contribution < 1.29 is 4.74 Å². The Labute approximate surface area is 87.5 Å². The lowest BCUT2D eigenvalue weighted by atomic mass is 10.0. The molecular weight excluding hydrogens is 196 g/mol. The Morgan fingerprint density at radius 3 is 3.00 bits per heavy atom. The van der Waals surface area contributed by atoms with E-state index >= 15 is 0 Å². The van der Waals surface area contributed by atoms with Gasteiger partial charge in [-0.2, -0.15) is 0 Å². The lowest BCUT2D eigenvalue weighted by Gasteiger charge is -2.24. The van der Waals surface area contributed by atoms with Gasteiger partial charge in [0.15, 0.2) is 0 Å². The van der Waals surface area contributed by atoms with Crippen molar-refractivity contribution in [3.63, 3.8) is 0 Å². The monoisotopic (exact) mass is 210 g/mol. The van der Waals surface area contributed by atoms with Crippen LogP contribution in [-0.2, 0) is 4.74 Å². The Morgan fingerprint density at radius 2 is 2.36 bits per heavy atom. The highest BCUT2D eigenvalue weighted by atomic mass is 32.1. The van der Waals surface area contributed by atoms with E-state index in [2.05, 4.69) is 10.7 Å². The first-order valence-electron chi connectivity index (χ1n) is 5.17. The van der Waals surface area contributed by atoms with Crippen molar-refractivity contribution in [2.75, 3.05) is 26.3 Å². The van der Waals surface area contributed by atoms with E-state index in [4.69, 9.17) is 9.72 Å². The number of nitrogens with one attached hydrogen (secondary N) is 1. The molecule has 0 aromatic carbocycles. The molecule has 0 saturated carbocycles. The predicted molar refractivity (Wildman–Crippen MR) is 55.9 cm³/mol. The number of nitrogens with zero attached hydrogens (tertiary/aromatic N) is 1. The van der Waals surface area contributed by atoms with Crippen molar-refractivity contribution in [2.45, 2.75) is 18.3 Å². The van der Waals surface area contributed by atoms with Crippen LogP contribution in [0.5, 0.6) is 0 Å². The zero-order valence-corrected chi connectivity index (χ0v) is 8.85. The first kappa shape index (κ1) is 8.83. The molecule has 0 amide bonds. The van der Waals surface area contributed by atoms with Crippen LogP contribution in [0.3, 0.4) is 0 Å². The number of hydrogen-bond donors (Lipinski definition) is 1. The van der Waals surface area contributed by atoms with Crippen LogP contribution in [0.2, 0.25) is 0 Å². The summed E-state index contributed by atoms with van der Waals surface area (Å²) in [6, 6.07) is 0. The average molecular weight is 210 g/mol. The molecule has 0 radical (unpaired) electrons. The van der Waals surface area contributed by atoms with Gasteiger partial charge in [0.25, 0.3) is 0 Å². The van der Waals surface area contributed by atoms with Gasteiger partial charge in [-0.15, -0.1) is 11.3 Å². The molecule has 2 fully saturated rings. The van der Waals surface area contributed by atoms with Gasteiger partial charge in [0.2, 0.25) is 0 Å². The fourth-order valence-electron chi connectivity index (χ4n) is 1.91. The molecule has 2 saturated heterocycles. The zero-order chi connectivity index (χ0) is 9.38. The summed E-state index contributed by atoms with van der Waals surface area (Å²) in [6.45, 7) is 3.98. The molecule has 1 aromatic rings. The van der Waals surface area contributed by atoms with Crippen molar-refractivity contribution >= 4 is 11.3 Å². The van der Waals surface area contributed by atoms with E-state index in [0.717, 1.165) is 32.7 Å². The third-order valence-corrected chi connectivity index (χ3v) is 4.04. The number of aromatic nitrogens is 1. The summed E-state index contributed by atoms with van der Waals surface area (Å²) in [6.07, 6.45) is 1.14. The van der Waals surface area contributed by atoms with Crippen molar-refractivity contribution in [1.29, 1.82) is 0 Å². The van der Waals surface area contributed by atoms with E-state index in [1.54, 1.807) is 0 Å². The quantitative estimate of drug-likeness (QED) is 0.799. The molecule has 2 aliphatic rings. The minimum absolute atomic E-state index is 0.563. The summed E-state index contributed by atoms with van der Waals surface area (Å²) in [7, 11) is 0. The van der Waals surface area contributed by atoms with Gasteiger partial charge in [-0.1, -0.05) is 0 Å². The maximum atomic E-state index is 5.37. The largest absolute Gasteiger partial charge is 0.381 e. The minimum Gasteiger partial charge on any atom is -0.381 e. The Kier molecular flexibility index (Phi) is 2.27. The molecule has 3 rings (SSSR count). The molecule has 0 aliphatic carbocycles. The highest BCUT2D eigenvalue weighted by Gasteiger charge is 2.25. The second kappa shape index (κ2) is 3.61. The van der Waals surface area contributed by atoms with Crippen molar-refractivity contribution in [3.05, 3.63) is 16.1 Å². The lowest BCUT2D eigenvalue weighted by molar-refractivity contribution is 0.193. The molecule has 3 nitrogen and oxygen atoms in total. The van der Waals surface area contributed by atoms with Gasteiger partial charge in [0.05, 0.1) is 17.3 Å². The maximum Gasteiger partial charge on any atom is 0.0984 e. The van der Waals surface area contributed by atoms with Gasteiger partial charge in [0.1, 0.15) is 0 Å². The molecule has 76 valence electrons. The van der Waals surface area contributed by atoms with E-state index in [9.17, 15) is 0 Å². The van der Waals surface area contributed by atoms with Crippen LogP contribution in [0.25, 0.3) is 0 Å². The van der Waals surface area contributed by atoms with Crippen molar-refractivity contribution in [3.8, 4) is 0 Å². The summed E-state index contributed by atoms with van der Waals surface area (Å²) in [5, 5.41) is 6.81. The topological polar surface area (TPSA) is 34.2 Å². The SMILES string of the molecule is c1sc(C2CNC2)nc1C1CCOC1. The molecule has 1 aromatic heterocycles. The van der Waals surface area contributed by atoms with Gasteiger partial charge in [0, 0.05) is 36.9 Å². The van der Waals surface area contributed by atoms with E-state index in [1.165, 1.54) is 10.7 Å². The van der Waals surface area contributed by atoms with Crippen LogP contribution < -0.4 is 5.32 Å². The van der Waals surface area contributed by atoms with Crippen LogP contribution >= 0.6 is 11.3 Å². The highest BCUT2D eigenvalue weighted by molar-refractivity contribution is 7.09. The third kappa shape index (κ3) is 1.47. The van der Waals surface area contributed by atoms with Crippen LogP contribution in [0.4, 0.5) is 0 Å². The van der Waals surface area contributed by atoms with Gasteiger partial charge in [-0.25, -0.2) is 4.98 Å². The Hall–Kier alpha value is -0.450. The summed E-state index contributed by atoms with van der Waals surface area (Å²) in [5.41, 5.74) is 1.26. The fraction of sp³-hybridized carbons (Fsp3) is 0.700. The Balaban J connectivity index is 1.75. The number of thiazole rings is 1. The molecule has 4 heteroatoms. The molecule has 0 spiro atoms. The van der Waals surface area contributed by atoms with Crippen LogP contribution in [-0.4, -0.2) is 31.3 Å². The van der Waals surface area contributed by atoms with Gasteiger partial charge in [-0.3, -0.25) is 0 Å². The van der Waals surface area contributed by atoms with Gasteiger partial charge in [-0.05, 0) is 6.42 Å². The molecule has 3 heterocycles. The van der Waals surface area contributed by atoms with E-state index < -0.39 is 0 Å². The third-order valence-electron chi connectivity index (χ3n) is 3.02. The minimum atomic E-state index is 0.563. The number of ether oxygens (including phenoxy) is 1. The second-order valence-electron chi connectivity index (χ2n) is 4.03. The van der Waals surface area contributed by atoms with Crippen LogP contribution in [0.1, 0.15) is 29.0 Å². The normalized spacial score (nSPS) is 27.9. The molecule has 1 atom stereocenters. The Bertz CT molecular complexity index is 316. The molecule has 2 aliphatic heterocycles. The van der Waals surface area contributed by atoms with Crippen molar-refractivity contribution in [1.82, 2.24) is 10.3 Å². The highest BCUT2D eigenvalue weighted by Crippen LogP contribution is 2.30. The standard InChI is InChI=1S/C10H14N2OS/c1-2-13-5-7(1)9-6-14-10(12-9)8-3-11-4-8/h6-8,11H,1-5H2. The second-order valence-corrected chi connectivity index (χ2v) is 4.92. The fourth-order valence-corrected chi connectivity index (χ4v) is 2.91. The Morgan fingerprint density at radius 1 is 1.43 bits per heavy atom.